The van der Waals surface area contributed by atoms with Gasteiger partial charge >= 0.3 is 0 Å². The van der Waals surface area contributed by atoms with Crippen LogP contribution in [0.5, 0.6) is 0 Å². The van der Waals surface area contributed by atoms with Crippen LogP contribution in [-0.2, 0) is 4.74 Å². The van der Waals surface area contributed by atoms with Gasteiger partial charge in [-0.05, 0) is 38.4 Å². The first-order chi connectivity index (χ1) is 9.63. The van der Waals surface area contributed by atoms with Gasteiger partial charge in [0.1, 0.15) is 0 Å². The van der Waals surface area contributed by atoms with E-state index in [2.05, 4.69) is 56.2 Å². The second-order valence-corrected chi connectivity index (χ2v) is 5.86. The normalized spacial score (nSPS) is 21.9. The molecular weight excluding hydrogens is 248 g/mol. The minimum atomic E-state index is 0.394. The topological polar surface area (TPSA) is 24.5 Å². The standard InChI is InChI=1S/C17H28N2O/c1-5-15-11-19(8-9-20-15)12-17(18-4)16-10-13(2)6-7-14(16)3/h6-7,10,15,17-18H,5,8-9,11-12H2,1-4H3. The number of likely N-dealkylation sites (N-methyl/N-ethyl adjacent to an activating group) is 1. The van der Waals surface area contributed by atoms with Crippen molar-refractivity contribution in [3.8, 4) is 0 Å². The molecule has 2 unspecified atom stereocenters. The zero-order valence-corrected chi connectivity index (χ0v) is 13.3. The number of rotatable bonds is 5. The zero-order valence-electron chi connectivity index (χ0n) is 13.3. The van der Waals surface area contributed by atoms with Crippen LogP contribution in [0, 0.1) is 13.8 Å². The monoisotopic (exact) mass is 276 g/mol. The summed E-state index contributed by atoms with van der Waals surface area (Å²) in [5, 5.41) is 3.48. The molecule has 1 aliphatic rings. The van der Waals surface area contributed by atoms with E-state index in [4.69, 9.17) is 4.74 Å². The summed E-state index contributed by atoms with van der Waals surface area (Å²) in [5.74, 6) is 0. The van der Waals surface area contributed by atoms with Gasteiger partial charge < -0.3 is 10.1 Å². The minimum absolute atomic E-state index is 0.394. The lowest BCUT2D eigenvalue weighted by Gasteiger charge is -2.35. The molecule has 1 fully saturated rings. The van der Waals surface area contributed by atoms with E-state index in [0.29, 0.717) is 12.1 Å². The molecule has 3 nitrogen and oxygen atoms in total. The van der Waals surface area contributed by atoms with Crippen LogP contribution in [0.3, 0.4) is 0 Å². The van der Waals surface area contributed by atoms with Gasteiger partial charge in [0.15, 0.2) is 0 Å². The third-order valence-corrected chi connectivity index (χ3v) is 4.28. The summed E-state index contributed by atoms with van der Waals surface area (Å²) in [6.07, 6.45) is 1.50. The maximum Gasteiger partial charge on any atom is 0.0700 e. The Balaban J connectivity index is 2.06. The smallest absolute Gasteiger partial charge is 0.0700 e. The van der Waals surface area contributed by atoms with Gasteiger partial charge in [0, 0.05) is 25.7 Å². The molecule has 0 aromatic heterocycles. The van der Waals surface area contributed by atoms with Crippen molar-refractivity contribution in [2.45, 2.75) is 39.3 Å². The molecule has 1 aliphatic heterocycles. The third-order valence-electron chi connectivity index (χ3n) is 4.28. The number of hydrogen-bond acceptors (Lipinski definition) is 3. The van der Waals surface area contributed by atoms with Crippen LogP contribution in [0.2, 0.25) is 0 Å². The van der Waals surface area contributed by atoms with Gasteiger partial charge in [0.2, 0.25) is 0 Å². The van der Waals surface area contributed by atoms with Gasteiger partial charge in [-0.3, -0.25) is 4.90 Å². The van der Waals surface area contributed by atoms with Crippen molar-refractivity contribution in [2.24, 2.45) is 0 Å². The molecule has 1 N–H and O–H groups in total. The van der Waals surface area contributed by atoms with E-state index in [9.17, 15) is 0 Å². The van der Waals surface area contributed by atoms with Gasteiger partial charge in [-0.1, -0.05) is 30.7 Å². The molecule has 2 rings (SSSR count). The molecule has 1 aromatic carbocycles. The van der Waals surface area contributed by atoms with E-state index >= 15 is 0 Å². The fourth-order valence-corrected chi connectivity index (χ4v) is 2.93. The second-order valence-electron chi connectivity index (χ2n) is 5.86. The van der Waals surface area contributed by atoms with Gasteiger partial charge in [-0.15, -0.1) is 0 Å². The van der Waals surface area contributed by atoms with Crippen LogP contribution >= 0.6 is 0 Å². The number of ether oxygens (including phenoxy) is 1. The van der Waals surface area contributed by atoms with Crippen molar-refractivity contribution < 1.29 is 4.74 Å². The Hall–Kier alpha value is -0.900. The van der Waals surface area contributed by atoms with E-state index in [0.717, 1.165) is 32.7 Å². The van der Waals surface area contributed by atoms with Gasteiger partial charge in [0.05, 0.1) is 12.7 Å². The summed E-state index contributed by atoms with van der Waals surface area (Å²) < 4.78 is 5.76. The average molecular weight is 276 g/mol. The first-order valence-electron chi connectivity index (χ1n) is 7.72. The average Bonchev–Trinajstić information content (AvgIpc) is 2.47. The van der Waals surface area contributed by atoms with Crippen molar-refractivity contribution in [2.75, 3.05) is 33.3 Å². The Morgan fingerprint density at radius 2 is 2.20 bits per heavy atom. The minimum Gasteiger partial charge on any atom is -0.376 e. The molecule has 0 spiro atoms. The van der Waals surface area contributed by atoms with E-state index < -0.39 is 0 Å². The fraction of sp³-hybridized carbons (Fsp3) is 0.647. The van der Waals surface area contributed by atoms with Gasteiger partial charge in [-0.2, -0.15) is 0 Å². The van der Waals surface area contributed by atoms with Crippen LogP contribution in [0.1, 0.15) is 36.1 Å². The highest BCUT2D eigenvalue weighted by molar-refractivity contribution is 5.33. The molecule has 0 saturated carbocycles. The predicted molar refractivity (Wildman–Crippen MR) is 84.2 cm³/mol. The van der Waals surface area contributed by atoms with Crippen molar-refractivity contribution in [3.63, 3.8) is 0 Å². The van der Waals surface area contributed by atoms with Crippen LogP contribution in [0.25, 0.3) is 0 Å². The van der Waals surface area contributed by atoms with Crippen LogP contribution in [0.4, 0.5) is 0 Å². The van der Waals surface area contributed by atoms with E-state index in [1.165, 1.54) is 16.7 Å². The number of morpholine rings is 1. The molecule has 0 radical (unpaired) electrons. The summed E-state index contributed by atoms with van der Waals surface area (Å²) in [4.78, 5) is 2.53. The lowest BCUT2D eigenvalue weighted by atomic mass is 9.98. The van der Waals surface area contributed by atoms with Gasteiger partial charge in [-0.25, -0.2) is 0 Å². The van der Waals surface area contributed by atoms with Crippen molar-refractivity contribution >= 4 is 0 Å². The highest BCUT2D eigenvalue weighted by atomic mass is 16.5. The van der Waals surface area contributed by atoms with Crippen LogP contribution in [-0.4, -0.2) is 44.3 Å². The van der Waals surface area contributed by atoms with E-state index in [1.54, 1.807) is 0 Å². The van der Waals surface area contributed by atoms with Crippen molar-refractivity contribution in [1.29, 1.82) is 0 Å². The second kappa shape index (κ2) is 7.21. The number of aryl methyl sites for hydroxylation is 2. The van der Waals surface area contributed by atoms with E-state index in [1.807, 2.05) is 0 Å². The van der Waals surface area contributed by atoms with Gasteiger partial charge in [0.25, 0.3) is 0 Å². The maximum absolute atomic E-state index is 5.76. The SMILES string of the molecule is CCC1CN(CC(NC)c2cc(C)ccc2C)CCO1. The molecule has 1 saturated heterocycles. The molecular formula is C17H28N2O. The molecule has 1 heterocycles. The highest BCUT2D eigenvalue weighted by Gasteiger charge is 2.22. The number of nitrogens with one attached hydrogen (secondary N) is 1. The molecule has 1 aromatic rings. The fourth-order valence-electron chi connectivity index (χ4n) is 2.93. The lowest BCUT2D eigenvalue weighted by molar-refractivity contribution is -0.0320. The first kappa shape index (κ1) is 15.5. The zero-order chi connectivity index (χ0) is 14.5. The quantitative estimate of drug-likeness (QED) is 0.895. The van der Waals surface area contributed by atoms with E-state index in [-0.39, 0.29) is 0 Å². The molecule has 0 aliphatic carbocycles. The highest BCUT2D eigenvalue weighted by Crippen LogP contribution is 2.21. The van der Waals surface area contributed by atoms with Crippen LogP contribution < -0.4 is 5.32 Å². The summed E-state index contributed by atoms with van der Waals surface area (Å²) in [7, 11) is 2.06. The Bertz CT molecular complexity index is 433. The Morgan fingerprint density at radius 3 is 2.90 bits per heavy atom. The van der Waals surface area contributed by atoms with Crippen molar-refractivity contribution in [1.82, 2.24) is 10.2 Å². The number of nitrogens with zero attached hydrogens (tertiary/aromatic N) is 1. The molecule has 112 valence electrons. The molecule has 20 heavy (non-hydrogen) atoms. The molecule has 0 bridgehead atoms. The largest absolute Gasteiger partial charge is 0.376 e. The van der Waals surface area contributed by atoms with Crippen molar-refractivity contribution in [3.05, 3.63) is 34.9 Å². The summed E-state index contributed by atoms with van der Waals surface area (Å²) in [6.45, 7) is 10.6. The summed E-state index contributed by atoms with van der Waals surface area (Å²) in [6, 6.07) is 7.12. The number of benzene rings is 1. The molecule has 3 heteroatoms. The predicted octanol–water partition coefficient (Wildman–Crippen LogP) is 2.67. The Labute approximate surface area is 123 Å². The Kier molecular flexibility index (Phi) is 5.58. The third kappa shape index (κ3) is 3.81. The molecule has 2 atom stereocenters. The molecule has 0 amide bonds. The maximum atomic E-state index is 5.76. The van der Waals surface area contributed by atoms with Crippen LogP contribution in [0.15, 0.2) is 18.2 Å². The Morgan fingerprint density at radius 1 is 1.40 bits per heavy atom. The number of hydrogen-bond donors (Lipinski definition) is 1. The summed E-state index contributed by atoms with van der Waals surface area (Å²) in [5.41, 5.74) is 4.13. The summed E-state index contributed by atoms with van der Waals surface area (Å²) >= 11 is 0. The lowest BCUT2D eigenvalue weighted by Crippen LogP contribution is -2.45. The first-order valence-corrected chi connectivity index (χ1v) is 7.72.